The molecule has 1 aromatic heterocycles. The predicted octanol–water partition coefficient (Wildman–Crippen LogP) is 3.16. The number of aromatic nitrogens is 1. The van der Waals surface area contributed by atoms with Crippen LogP contribution < -0.4 is 15.0 Å². The molecule has 4 rings (SSSR count). The molecular formula is C18H19N3O3S. The number of para-hydroxylation sites is 2. The number of fused-ring (bicyclic) bond motifs is 1. The molecule has 2 heterocycles. The van der Waals surface area contributed by atoms with Gasteiger partial charge in [-0.1, -0.05) is 12.1 Å². The lowest BCUT2D eigenvalue weighted by atomic mass is 10.1. The van der Waals surface area contributed by atoms with Crippen molar-refractivity contribution in [3.8, 4) is 5.75 Å². The Kier molecular flexibility index (Phi) is 4.17. The highest BCUT2D eigenvalue weighted by Gasteiger charge is 2.31. The van der Waals surface area contributed by atoms with Crippen molar-refractivity contribution in [3.05, 3.63) is 35.3 Å². The normalized spacial score (nSPS) is 19.3. The Morgan fingerprint density at radius 1 is 1.40 bits per heavy atom. The zero-order chi connectivity index (χ0) is 17.4. The highest BCUT2D eigenvalue weighted by molar-refractivity contribution is 7.13. The maximum absolute atomic E-state index is 12.4. The van der Waals surface area contributed by atoms with Gasteiger partial charge in [-0.25, -0.2) is 4.98 Å². The highest BCUT2D eigenvalue weighted by Crippen LogP contribution is 2.41. The molecule has 1 aromatic carbocycles. The third kappa shape index (κ3) is 3.37. The number of nitrogens with zero attached hydrogens (tertiary/aromatic N) is 2. The monoisotopic (exact) mass is 357 g/mol. The van der Waals surface area contributed by atoms with Crippen LogP contribution in [0.15, 0.2) is 29.6 Å². The van der Waals surface area contributed by atoms with Gasteiger partial charge in [0.25, 0.3) is 5.91 Å². The van der Waals surface area contributed by atoms with Gasteiger partial charge in [-0.15, -0.1) is 11.3 Å². The summed E-state index contributed by atoms with van der Waals surface area (Å²) in [5.74, 6) is 0.979. The van der Waals surface area contributed by atoms with E-state index in [0.29, 0.717) is 29.0 Å². The minimum atomic E-state index is -0.543. The third-order valence-corrected chi connectivity index (χ3v) is 5.18. The maximum Gasteiger partial charge on any atom is 0.267 e. The summed E-state index contributed by atoms with van der Waals surface area (Å²) in [5.41, 5.74) is 1.79. The second kappa shape index (κ2) is 6.48. The van der Waals surface area contributed by atoms with E-state index < -0.39 is 6.10 Å². The van der Waals surface area contributed by atoms with Gasteiger partial charge < -0.3 is 15.0 Å². The number of hydrogen-bond acceptors (Lipinski definition) is 5. The molecule has 0 spiro atoms. The second-order valence-electron chi connectivity index (χ2n) is 6.37. The number of carbonyl (C=O) groups excluding carboxylic acids is 2. The van der Waals surface area contributed by atoms with Crippen LogP contribution in [-0.4, -0.2) is 29.4 Å². The number of benzene rings is 1. The van der Waals surface area contributed by atoms with E-state index in [2.05, 4.69) is 10.3 Å². The van der Waals surface area contributed by atoms with Crippen LogP contribution in [0.2, 0.25) is 0 Å². The van der Waals surface area contributed by atoms with Gasteiger partial charge >= 0.3 is 0 Å². The lowest BCUT2D eigenvalue weighted by molar-refractivity contribution is -0.125. The molecule has 0 bridgehead atoms. The number of anilines is 2. The van der Waals surface area contributed by atoms with E-state index in [1.807, 2.05) is 29.6 Å². The van der Waals surface area contributed by atoms with Gasteiger partial charge in [0.1, 0.15) is 5.75 Å². The van der Waals surface area contributed by atoms with Crippen molar-refractivity contribution < 1.29 is 14.3 Å². The Hall–Kier alpha value is -2.41. The summed E-state index contributed by atoms with van der Waals surface area (Å²) >= 11 is 1.45. The summed E-state index contributed by atoms with van der Waals surface area (Å²) in [6.07, 6.45) is 2.05. The van der Waals surface area contributed by atoms with Crippen molar-refractivity contribution in [1.29, 1.82) is 0 Å². The number of carbonyl (C=O) groups is 2. The molecule has 7 heteroatoms. The summed E-state index contributed by atoms with van der Waals surface area (Å²) in [6, 6.07) is 7.39. The van der Waals surface area contributed by atoms with Crippen molar-refractivity contribution in [2.24, 2.45) is 0 Å². The van der Waals surface area contributed by atoms with Crippen molar-refractivity contribution in [2.45, 2.75) is 38.2 Å². The molecule has 1 fully saturated rings. The Morgan fingerprint density at radius 3 is 3.00 bits per heavy atom. The molecule has 0 saturated heterocycles. The number of nitrogens with one attached hydrogen (secondary N) is 1. The zero-order valence-corrected chi connectivity index (χ0v) is 14.7. The van der Waals surface area contributed by atoms with Gasteiger partial charge in [0, 0.05) is 24.3 Å². The van der Waals surface area contributed by atoms with E-state index in [-0.39, 0.29) is 18.2 Å². The summed E-state index contributed by atoms with van der Waals surface area (Å²) in [4.78, 5) is 30.7. The third-order valence-electron chi connectivity index (χ3n) is 4.40. The van der Waals surface area contributed by atoms with Crippen LogP contribution in [0, 0.1) is 0 Å². The lowest BCUT2D eigenvalue weighted by Crippen LogP contribution is -2.45. The molecule has 1 aliphatic carbocycles. The van der Waals surface area contributed by atoms with E-state index in [4.69, 9.17) is 4.74 Å². The van der Waals surface area contributed by atoms with E-state index in [1.54, 1.807) is 11.8 Å². The van der Waals surface area contributed by atoms with E-state index in [1.165, 1.54) is 24.2 Å². The molecule has 1 N–H and O–H groups in total. The molecule has 1 aliphatic heterocycles. The lowest BCUT2D eigenvalue weighted by Gasteiger charge is -2.32. The molecule has 1 saturated carbocycles. The molecule has 1 unspecified atom stereocenters. The summed E-state index contributed by atoms with van der Waals surface area (Å²) in [6.45, 7) is 2.04. The van der Waals surface area contributed by atoms with E-state index >= 15 is 0 Å². The average Bonchev–Trinajstić information content (AvgIpc) is 3.35. The van der Waals surface area contributed by atoms with Crippen LogP contribution in [0.4, 0.5) is 10.8 Å². The highest BCUT2D eigenvalue weighted by atomic mass is 32.1. The van der Waals surface area contributed by atoms with Crippen LogP contribution >= 0.6 is 11.3 Å². The molecule has 2 aromatic rings. The Morgan fingerprint density at radius 2 is 2.20 bits per heavy atom. The van der Waals surface area contributed by atoms with Crippen molar-refractivity contribution in [2.75, 3.05) is 16.8 Å². The molecule has 130 valence electrons. The van der Waals surface area contributed by atoms with Crippen LogP contribution in [0.25, 0.3) is 0 Å². The van der Waals surface area contributed by atoms with Gasteiger partial charge in [0.15, 0.2) is 11.2 Å². The fourth-order valence-electron chi connectivity index (χ4n) is 2.89. The summed E-state index contributed by atoms with van der Waals surface area (Å²) in [7, 11) is 0. The number of amides is 2. The molecule has 6 nitrogen and oxygen atoms in total. The smallest absolute Gasteiger partial charge is 0.267 e. The van der Waals surface area contributed by atoms with Gasteiger partial charge in [-0.2, -0.15) is 0 Å². The first-order chi connectivity index (χ1) is 12.1. The Labute approximate surface area is 149 Å². The van der Waals surface area contributed by atoms with Gasteiger partial charge in [-0.3, -0.25) is 9.59 Å². The topological polar surface area (TPSA) is 71.5 Å². The maximum atomic E-state index is 12.4. The molecule has 2 amide bonds. The zero-order valence-electron chi connectivity index (χ0n) is 13.9. The predicted molar refractivity (Wildman–Crippen MR) is 96.2 cm³/mol. The SMILES string of the molecule is CC1Oc2ccccc2N(CCC(=O)Nc2nc(C3CC3)cs2)C1=O. The fraction of sp³-hybridized carbons (Fsp3) is 0.389. The fourth-order valence-corrected chi connectivity index (χ4v) is 3.70. The summed E-state index contributed by atoms with van der Waals surface area (Å²) < 4.78 is 5.61. The van der Waals surface area contributed by atoms with Crippen LogP contribution in [0.3, 0.4) is 0 Å². The molecule has 25 heavy (non-hydrogen) atoms. The van der Waals surface area contributed by atoms with Crippen LogP contribution in [0.5, 0.6) is 5.75 Å². The van der Waals surface area contributed by atoms with Crippen molar-refractivity contribution in [1.82, 2.24) is 4.98 Å². The van der Waals surface area contributed by atoms with Crippen LogP contribution in [-0.2, 0) is 9.59 Å². The molecule has 1 atom stereocenters. The van der Waals surface area contributed by atoms with Gasteiger partial charge in [-0.05, 0) is 31.9 Å². The largest absolute Gasteiger partial charge is 0.479 e. The standard InChI is InChI=1S/C18H19N3O3S/c1-11-17(23)21(14-4-2-3-5-15(14)24-11)9-8-16(22)20-18-19-13(10-25-18)12-6-7-12/h2-5,10-12H,6-9H2,1H3,(H,19,20,22). The van der Waals surface area contributed by atoms with Crippen molar-refractivity contribution in [3.63, 3.8) is 0 Å². The number of rotatable bonds is 5. The number of hydrogen-bond donors (Lipinski definition) is 1. The Bertz CT molecular complexity index is 815. The minimum absolute atomic E-state index is 0.128. The quantitative estimate of drug-likeness (QED) is 0.892. The second-order valence-corrected chi connectivity index (χ2v) is 7.23. The van der Waals surface area contributed by atoms with E-state index in [9.17, 15) is 9.59 Å². The van der Waals surface area contributed by atoms with Crippen molar-refractivity contribution >= 4 is 34.0 Å². The van der Waals surface area contributed by atoms with Crippen LogP contribution in [0.1, 0.15) is 37.8 Å². The Balaban J connectivity index is 1.39. The van der Waals surface area contributed by atoms with Gasteiger partial charge in [0.2, 0.25) is 5.91 Å². The van der Waals surface area contributed by atoms with E-state index in [0.717, 1.165) is 5.69 Å². The first-order valence-electron chi connectivity index (χ1n) is 8.44. The summed E-state index contributed by atoms with van der Waals surface area (Å²) in [5, 5.41) is 5.48. The molecular weight excluding hydrogens is 338 g/mol. The number of ether oxygens (including phenoxy) is 1. The first-order valence-corrected chi connectivity index (χ1v) is 9.32. The first kappa shape index (κ1) is 16.1. The average molecular weight is 357 g/mol. The minimum Gasteiger partial charge on any atom is -0.479 e. The van der Waals surface area contributed by atoms with Gasteiger partial charge in [0.05, 0.1) is 11.4 Å². The molecule has 0 radical (unpaired) electrons. The number of thiazole rings is 1. The molecule has 2 aliphatic rings.